The maximum atomic E-state index is 11.2. The van der Waals surface area contributed by atoms with Gasteiger partial charge in [0.15, 0.2) is 5.96 Å². The van der Waals surface area contributed by atoms with Gasteiger partial charge in [0, 0.05) is 65.8 Å². The largest absolute Gasteiger partial charge is 0.370 e. The van der Waals surface area contributed by atoms with Gasteiger partial charge >= 0.3 is 0 Å². The summed E-state index contributed by atoms with van der Waals surface area (Å²) in [5.41, 5.74) is 8.00. The van der Waals surface area contributed by atoms with Crippen LogP contribution >= 0.6 is 24.0 Å². The monoisotopic (exact) mass is 528 g/mol. The van der Waals surface area contributed by atoms with E-state index in [-0.39, 0.29) is 29.9 Å². The van der Waals surface area contributed by atoms with Crippen LogP contribution in [0.15, 0.2) is 29.3 Å². The van der Waals surface area contributed by atoms with Crippen molar-refractivity contribution in [1.29, 1.82) is 0 Å². The number of rotatable bonds is 6. The fourth-order valence-corrected chi connectivity index (χ4v) is 4.25. The van der Waals surface area contributed by atoms with Gasteiger partial charge < -0.3 is 20.9 Å². The summed E-state index contributed by atoms with van der Waals surface area (Å²) in [5.74, 6) is 1.02. The molecule has 2 aliphatic rings. The Balaban J connectivity index is 0.00000320. The quantitative estimate of drug-likeness (QED) is 0.334. The van der Waals surface area contributed by atoms with Crippen LogP contribution in [0.25, 0.3) is 0 Å². The zero-order valence-corrected chi connectivity index (χ0v) is 20.7. The fraction of sp³-hybridized carbons (Fsp3) is 0.636. The van der Waals surface area contributed by atoms with Gasteiger partial charge in [-0.1, -0.05) is 24.3 Å². The molecule has 0 aromatic heterocycles. The van der Waals surface area contributed by atoms with Gasteiger partial charge in [-0.25, -0.2) is 0 Å². The number of aliphatic imine (C=N–C) groups is 1. The summed E-state index contributed by atoms with van der Waals surface area (Å²) < 4.78 is 0. The summed E-state index contributed by atoms with van der Waals surface area (Å²) in [5, 5.41) is 3.48. The molecule has 1 unspecified atom stereocenters. The zero-order chi connectivity index (χ0) is 20.6. The molecule has 30 heavy (non-hydrogen) atoms. The van der Waals surface area contributed by atoms with E-state index in [4.69, 9.17) is 5.73 Å². The third kappa shape index (κ3) is 7.70. The molecule has 2 heterocycles. The minimum atomic E-state index is -0.212. The second kappa shape index (κ2) is 12.5. The Morgan fingerprint density at radius 2 is 1.80 bits per heavy atom. The van der Waals surface area contributed by atoms with Crippen LogP contribution in [0.5, 0.6) is 0 Å². The molecule has 1 amide bonds. The number of amides is 1. The first-order chi connectivity index (χ1) is 14.0. The van der Waals surface area contributed by atoms with E-state index in [0.717, 1.165) is 71.2 Å². The fourth-order valence-electron chi connectivity index (χ4n) is 4.25. The molecule has 1 atom stereocenters. The first-order valence-electron chi connectivity index (χ1n) is 10.8. The second-order valence-corrected chi connectivity index (χ2v) is 8.42. The molecule has 2 fully saturated rings. The molecule has 0 spiro atoms. The number of carbonyl (C=O) groups excluding carboxylic acids is 1. The smallest absolute Gasteiger partial charge is 0.217 e. The van der Waals surface area contributed by atoms with Gasteiger partial charge in [-0.15, -0.1) is 24.0 Å². The van der Waals surface area contributed by atoms with E-state index in [1.807, 2.05) is 7.05 Å². The standard InChI is InChI=1S/C22H36N6O.HI/c1-24-22(28-9-3-4-20(17-28)14-21(23)29)25-15-18-5-7-19(8-6-18)16-27-12-10-26(2)11-13-27;/h5-8,20H,3-4,9-17H2,1-2H3,(H2,23,29)(H,24,25);1H. The van der Waals surface area contributed by atoms with Gasteiger partial charge in [0.25, 0.3) is 0 Å². The third-order valence-electron chi connectivity index (χ3n) is 6.00. The number of piperidine rings is 1. The molecular weight excluding hydrogens is 491 g/mol. The van der Waals surface area contributed by atoms with Gasteiger partial charge in [-0.2, -0.15) is 0 Å². The van der Waals surface area contributed by atoms with Crippen LogP contribution in [-0.2, 0) is 17.9 Å². The number of nitrogens with zero attached hydrogens (tertiary/aromatic N) is 4. The van der Waals surface area contributed by atoms with E-state index in [1.54, 1.807) is 0 Å². The molecule has 1 aromatic carbocycles. The van der Waals surface area contributed by atoms with Crippen LogP contribution in [0.4, 0.5) is 0 Å². The van der Waals surface area contributed by atoms with Crippen molar-refractivity contribution >= 4 is 35.8 Å². The number of piperazine rings is 1. The van der Waals surface area contributed by atoms with Crippen molar-refractivity contribution in [2.24, 2.45) is 16.6 Å². The number of nitrogens with two attached hydrogens (primary N) is 1. The molecule has 2 saturated heterocycles. The Kier molecular flexibility index (Phi) is 10.3. The summed E-state index contributed by atoms with van der Waals surface area (Å²) >= 11 is 0. The van der Waals surface area contributed by atoms with Crippen LogP contribution < -0.4 is 11.1 Å². The van der Waals surface area contributed by atoms with Crippen molar-refractivity contribution in [2.45, 2.75) is 32.4 Å². The predicted octanol–water partition coefficient (Wildman–Crippen LogP) is 1.71. The van der Waals surface area contributed by atoms with Gasteiger partial charge in [-0.05, 0) is 36.9 Å². The highest BCUT2D eigenvalue weighted by atomic mass is 127. The molecule has 7 nitrogen and oxygen atoms in total. The van der Waals surface area contributed by atoms with Gasteiger partial charge in [0.1, 0.15) is 0 Å². The average Bonchev–Trinajstić information content (AvgIpc) is 2.71. The molecule has 168 valence electrons. The first-order valence-corrected chi connectivity index (χ1v) is 10.8. The van der Waals surface area contributed by atoms with E-state index in [9.17, 15) is 4.79 Å². The van der Waals surface area contributed by atoms with Crippen LogP contribution in [0, 0.1) is 5.92 Å². The molecule has 0 bridgehead atoms. The number of guanidine groups is 1. The Labute approximate surface area is 198 Å². The maximum Gasteiger partial charge on any atom is 0.217 e. The molecule has 0 radical (unpaired) electrons. The number of hydrogen-bond acceptors (Lipinski definition) is 4. The second-order valence-electron chi connectivity index (χ2n) is 8.42. The lowest BCUT2D eigenvalue weighted by Crippen LogP contribution is -2.46. The van der Waals surface area contributed by atoms with Crippen LogP contribution in [-0.4, -0.2) is 79.9 Å². The van der Waals surface area contributed by atoms with Crippen LogP contribution in [0.2, 0.25) is 0 Å². The topological polar surface area (TPSA) is 77.2 Å². The minimum Gasteiger partial charge on any atom is -0.370 e. The van der Waals surface area contributed by atoms with Crippen molar-refractivity contribution < 1.29 is 4.79 Å². The Morgan fingerprint density at radius 1 is 1.13 bits per heavy atom. The lowest BCUT2D eigenvalue weighted by Gasteiger charge is -2.34. The van der Waals surface area contributed by atoms with Crippen LogP contribution in [0.1, 0.15) is 30.4 Å². The number of primary amides is 1. The molecular formula is C22H37IN6O. The van der Waals surface area contributed by atoms with Crippen molar-refractivity contribution in [3.05, 3.63) is 35.4 Å². The van der Waals surface area contributed by atoms with E-state index in [1.165, 1.54) is 11.1 Å². The Morgan fingerprint density at radius 3 is 2.43 bits per heavy atom. The Bertz CT molecular complexity index is 687. The number of carbonyl (C=O) groups is 1. The molecule has 3 rings (SSSR count). The summed E-state index contributed by atoms with van der Waals surface area (Å²) in [7, 11) is 4.01. The van der Waals surface area contributed by atoms with E-state index < -0.39 is 0 Å². The number of nitrogens with one attached hydrogen (secondary N) is 1. The highest BCUT2D eigenvalue weighted by Crippen LogP contribution is 2.19. The SMILES string of the molecule is CN=C(NCc1ccc(CN2CCN(C)CC2)cc1)N1CCCC(CC(N)=O)C1.I. The predicted molar refractivity (Wildman–Crippen MR) is 133 cm³/mol. The van der Waals surface area contributed by atoms with Gasteiger partial charge in [-0.3, -0.25) is 14.7 Å². The van der Waals surface area contributed by atoms with Crippen molar-refractivity contribution in [3.63, 3.8) is 0 Å². The van der Waals surface area contributed by atoms with Gasteiger partial charge in [0.2, 0.25) is 5.91 Å². The normalized spacial score (nSPS) is 21.2. The molecule has 3 N–H and O–H groups in total. The summed E-state index contributed by atoms with van der Waals surface area (Å²) in [6, 6.07) is 8.89. The van der Waals surface area contributed by atoms with E-state index in [2.05, 4.69) is 56.3 Å². The number of halogens is 1. The highest BCUT2D eigenvalue weighted by Gasteiger charge is 2.23. The number of likely N-dealkylation sites (tertiary alicyclic amines) is 1. The lowest BCUT2D eigenvalue weighted by atomic mass is 9.95. The number of hydrogen-bond donors (Lipinski definition) is 2. The first kappa shape index (κ1) is 24.9. The zero-order valence-electron chi connectivity index (χ0n) is 18.3. The van der Waals surface area contributed by atoms with Crippen molar-refractivity contribution in [3.8, 4) is 0 Å². The Hall–Kier alpha value is -1.39. The summed E-state index contributed by atoms with van der Waals surface area (Å²) in [6.45, 7) is 8.17. The number of benzene rings is 1. The molecule has 8 heteroatoms. The average molecular weight is 528 g/mol. The van der Waals surface area contributed by atoms with Crippen molar-refractivity contribution in [2.75, 3.05) is 53.4 Å². The minimum absolute atomic E-state index is 0. The molecule has 0 saturated carbocycles. The van der Waals surface area contributed by atoms with Gasteiger partial charge in [0.05, 0.1) is 0 Å². The summed E-state index contributed by atoms with van der Waals surface area (Å²) in [6.07, 6.45) is 2.59. The van der Waals surface area contributed by atoms with E-state index in [0.29, 0.717) is 12.3 Å². The summed E-state index contributed by atoms with van der Waals surface area (Å²) in [4.78, 5) is 22.8. The third-order valence-corrected chi connectivity index (χ3v) is 6.00. The van der Waals surface area contributed by atoms with Crippen molar-refractivity contribution in [1.82, 2.24) is 20.0 Å². The maximum absolute atomic E-state index is 11.2. The highest BCUT2D eigenvalue weighted by molar-refractivity contribution is 14.0. The molecule has 2 aliphatic heterocycles. The molecule has 0 aliphatic carbocycles. The van der Waals surface area contributed by atoms with Crippen LogP contribution in [0.3, 0.4) is 0 Å². The molecule has 1 aromatic rings. The number of likely N-dealkylation sites (N-methyl/N-ethyl adjacent to an activating group) is 1. The lowest BCUT2D eigenvalue weighted by molar-refractivity contribution is -0.119. The van der Waals surface area contributed by atoms with E-state index >= 15 is 0 Å².